The van der Waals surface area contributed by atoms with Crippen LogP contribution in [0.25, 0.3) is 16.7 Å². The van der Waals surface area contributed by atoms with Crippen molar-refractivity contribution in [1.82, 2.24) is 9.55 Å². The molecule has 0 saturated carbocycles. The van der Waals surface area contributed by atoms with Crippen LogP contribution in [-0.2, 0) is 0 Å². The van der Waals surface area contributed by atoms with Crippen molar-refractivity contribution in [3.05, 3.63) is 52.6 Å². The van der Waals surface area contributed by atoms with Gasteiger partial charge in [-0.2, -0.15) is 0 Å². The average Bonchev–Trinajstić information content (AvgIpc) is 2.67. The molecule has 102 valence electrons. The van der Waals surface area contributed by atoms with Gasteiger partial charge in [0.05, 0.1) is 16.1 Å². The zero-order valence-electron chi connectivity index (χ0n) is 10.5. The summed E-state index contributed by atoms with van der Waals surface area (Å²) in [5.74, 6) is -1.43. The fraction of sp³-hybridized carbons (Fsp3) is 0.0714. The fourth-order valence-corrected chi connectivity index (χ4v) is 2.52. The molecular formula is C14H10ClF2N3. The maximum absolute atomic E-state index is 14.1. The molecule has 0 unspecified atom stereocenters. The first-order chi connectivity index (χ1) is 9.49. The van der Waals surface area contributed by atoms with Crippen LogP contribution < -0.4 is 5.73 Å². The van der Waals surface area contributed by atoms with E-state index in [2.05, 4.69) is 4.98 Å². The second kappa shape index (κ2) is 4.45. The summed E-state index contributed by atoms with van der Waals surface area (Å²) in [6.45, 7) is 1.88. The quantitative estimate of drug-likeness (QED) is 0.740. The van der Waals surface area contributed by atoms with Crippen LogP contribution in [0.15, 0.2) is 30.3 Å². The highest BCUT2D eigenvalue weighted by molar-refractivity contribution is 6.32. The highest BCUT2D eigenvalue weighted by atomic mass is 35.5. The topological polar surface area (TPSA) is 43.8 Å². The summed E-state index contributed by atoms with van der Waals surface area (Å²) in [7, 11) is 0. The average molecular weight is 294 g/mol. The van der Waals surface area contributed by atoms with E-state index in [0.29, 0.717) is 11.0 Å². The van der Waals surface area contributed by atoms with Crippen LogP contribution in [-0.4, -0.2) is 9.55 Å². The van der Waals surface area contributed by atoms with E-state index in [4.69, 9.17) is 17.3 Å². The molecule has 3 aromatic rings. The maximum atomic E-state index is 14.1. The van der Waals surface area contributed by atoms with E-state index in [9.17, 15) is 8.78 Å². The number of aryl methyl sites for hydroxylation is 1. The van der Waals surface area contributed by atoms with E-state index in [1.165, 1.54) is 4.57 Å². The van der Waals surface area contributed by atoms with Gasteiger partial charge in [-0.3, -0.25) is 4.57 Å². The molecule has 2 N–H and O–H groups in total. The van der Waals surface area contributed by atoms with Gasteiger partial charge in [-0.05, 0) is 24.6 Å². The van der Waals surface area contributed by atoms with Gasteiger partial charge in [-0.25, -0.2) is 13.8 Å². The summed E-state index contributed by atoms with van der Waals surface area (Å²) in [6.07, 6.45) is 0. The number of fused-ring (bicyclic) bond motifs is 1. The second-order valence-electron chi connectivity index (χ2n) is 4.47. The molecule has 3 rings (SSSR count). The molecule has 6 heteroatoms. The smallest absolute Gasteiger partial charge is 0.206 e. The van der Waals surface area contributed by atoms with Crippen molar-refractivity contribution in [1.29, 1.82) is 0 Å². The maximum Gasteiger partial charge on any atom is 0.206 e. The lowest BCUT2D eigenvalue weighted by molar-refractivity contribution is 0.579. The number of hydrogen-bond donors (Lipinski definition) is 1. The van der Waals surface area contributed by atoms with Crippen molar-refractivity contribution in [2.75, 3.05) is 5.73 Å². The van der Waals surface area contributed by atoms with Crippen LogP contribution in [0.2, 0.25) is 5.02 Å². The Labute approximate surface area is 118 Å². The summed E-state index contributed by atoms with van der Waals surface area (Å²) in [5, 5.41) is -0.0602. The molecule has 0 radical (unpaired) electrons. The first-order valence-electron chi connectivity index (χ1n) is 5.87. The summed E-state index contributed by atoms with van der Waals surface area (Å²) in [5.41, 5.74) is 8.05. The van der Waals surface area contributed by atoms with E-state index in [-0.39, 0.29) is 16.7 Å². The van der Waals surface area contributed by atoms with Gasteiger partial charge in [0.15, 0.2) is 5.82 Å². The lowest BCUT2D eigenvalue weighted by atomic mass is 10.2. The summed E-state index contributed by atoms with van der Waals surface area (Å²) in [6, 6.07) is 7.25. The molecule has 0 saturated heterocycles. The Morgan fingerprint density at radius 3 is 2.70 bits per heavy atom. The Kier molecular flexibility index (Phi) is 2.87. The largest absolute Gasteiger partial charge is 0.369 e. The van der Waals surface area contributed by atoms with Crippen molar-refractivity contribution < 1.29 is 8.78 Å². The van der Waals surface area contributed by atoms with Gasteiger partial charge in [0, 0.05) is 6.07 Å². The predicted molar refractivity (Wildman–Crippen MR) is 75.1 cm³/mol. The van der Waals surface area contributed by atoms with Gasteiger partial charge < -0.3 is 5.73 Å². The number of para-hydroxylation sites is 1. The third-order valence-electron chi connectivity index (χ3n) is 3.12. The third kappa shape index (κ3) is 1.82. The number of imidazole rings is 1. The van der Waals surface area contributed by atoms with E-state index in [0.717, 1.165) is 17.7 Å². The number of nitrogens with zero attached hydrogens (tertiary/aromatic N) is 2. The van der Waals surface area contributed by atoms with Gasteiger partial charge in [0.2, 0.25) is 5.95 Å². The molecule has 0 aliphatic heterocycles. The highest BCUT2D eigenvalue weighted by Gasteiger charge is 2.18. The first-order valence-corrected chi connectivity index (χ1v) is 6.25. The molecule has 0 amide bonds. The molecule has 0 aliphatic rings. The molecule has 20 heavy (non-hydrogen) atoms. The van der Waals surface area contributed by atoms with E-state index >= 15 is 0 Å². The second-order valence-corrected chi connectivity index (χ2v) is 4.87. The Hall–Kier alpha value is -2.14. The molecule has 0 bridgehead atoms. The van der Waals surface area contributed by atoms with Crippen LogP contribution in [0.3, 0.4) is 0 Å². The molecule has 3 nitrogen and oxygen atoms in total. The number of nitrogen functional groups attached to an aromatic ring is 1. The van der Waals surface area contributed by atoms with Crippen LogP contribution in [0.5, 0.6) is 0 Å². The Morgan fingerprint density at radius 2 is 2.00 bits per heavy atom. The number of halogens is 3. The standard InChI is InChI=1S/C14H10ClF2N3/c1-7-3-2-4-11-12(7)19-14(18)20(11)13-9(15)5-8(16)6-10(13)17/h2-6H,1H3,(H2,18,19). The zero-order valence-corrected chi connectivity index (χ0v) is 11.2. The summed E-state index contributed by atoms with van der Waals surface area (Å²) < 4.78 is 28.6. The molecule has 0 atom stereocenters. The molecule has 0 aliphatic carbocycles. The van der Waals surface area contributed by atoms with Gasteiger partial charge in [0.1, 0.15) is 11.5 Å². The first kappa shape index (κ1) is 12.9. The number of hydrogen-bond acceptors (Lipinski definition) is 2. The number of aromatic nitrogens is 2. The van der Waals surface area contributed by atoms with E-state index < -0.39 is 11.6 Å². The molecular weight excluding hydrogens is 284 g/mol. The Morgan fingerprint density at radius 1 is 1.25 bits per heavy atom. The minimum Gasteiger partial charge on any atom is -0.369 e. The zero-order chi connectivity index (χ0) is 14.4. The van der Waals surface area contributed by atoms with E-state index in [1.54, 1.807) is 6.07 Å². The van der Waals surface area contributed by atoms with E-state index in [1.807, 2.05) is 19.1 Å². The van der Waals surface area contributed by atoms with Crippen molar-refractivity contribution in [3.8, 4) is 5.69 Å². The number of anilines is 1. The van der Waals surface area contributed by atoms with Crippen LogP contribution in [0.1, 0.15) is 5.56 Å². The highest BCUT2D eigenvalue weighted by Crippen LogP contribution is 2.31. The minimum atomic E-state index is -0.789. The normalized spacial score (nSPS) is 11.2. The molecule has 2 aromatic carbocycles. The van der Waals surface area contributed by atoms with Crippen LogP contribution in [0, 0.1) is 18.6 Å². The van der Waals surface area contributed by atoms with Gasteiger partial charge in [0.25, 0.3) is 0 Å². The minimum absolute atomic E-state index is 0.00123. The van der Waals surface area contributed by atoms with Crippen LogP contribution >= 0.6 is 11.6 Å². The SMILES string of the molecule is Cc1cccc2c1nc(N)n2-c1c(F)cc(F)cc1Cl. The molecule has 0 fully saturated rings. The molecule has 1 aromatic heterocycles. The van der Waals surface area contributed by atoms with Gasteiger partial charge >= 0.3 is 0 Å². The van der Waals surface area contributed by atoms with Crippen LogP contribution in [0.4, 0.5) is 14.7 Å². The van der Waals surface area contributed by atoms with Crippen molar-refractivity contribution in [3.63, 3.8) is 0 Å². The summed E-state index contributed by atoms with van der Waals surface area (Å²) in [4.78, 5) is 4.22. The predicted octanol–water partition coefficient (Wildman–Crippen LogP) is 3.85. The van der Waals surface area contributed by atoms with Crippen molar-refractivity contribution in [2.45, 2.75) is 6.92 Å². The summed E-state index contributed by atoms with van der Waals surface area (Å²) >= 11 is 5.95. The van der Waals surface area contributed by atoms with Gasteiger partial charge in [-0.1, -0.05) is 23.7 Å². The fourth-order valence-electron chi connectivity index (χ4n) is 2.24. The van der Waals surface area contributed by atoms with Gasteiger partial charge in [-0.15, -0.1) is 0 Å². The van der Waals surface area contributed by atoms with Crippen molar-refractivity contribution in [2.24, 2.45) is 0 Å². The number of nitrogens with two attached hydrogens (primary N) is 1. The third-order valence-corrected chi connectivity index (χ3v) is 3.41. The number of benzene rings is 2. The lowest BCUT2D eigenvalue weighted by Gasteiger charge is -2.10. The molecule has 1 heterocycles. The molecule has 0 spiro atoms. The Balaban J connectivity index is 2.42. The monoisotopic (exact) mass is 293 g/mol. The van der Waals surface area contributed by atoms with Crippen molar-refractivity contribution >= 4 is 28.6 Å². The number of rotatable bonds is 1. The lowest BCUT2D eigenvalue weighted by Crippen LogP contribution is -2.04. The Bertz CT molecular complexity index is 804.